The Labute approximate surface area is 400 Å². The zero-order chi connectivity index (χ0) is 50.1. The van der Waals surface area contributed by atoms with E-state index in [2.05, 4.69) is 9.98 Å². The molecule has 0 aliphatic carbocycles. The number of aliphatic hydroxyl groups is 6. The molecule has 0 bridgehead atoms. The van der Waals surface area contributed by atoms with Crippen molar-refractivity contribution in [2.45, 2.75) is 99.5 Å². The molecule has 0 aliphatic heterocycles. The van der Waals surface area contributed by atoms with Crippen LogP contribution in [0.3, 0.4) is 0 Å². The number of alkyl halides is 18. The Bertz CT molecular complexity index is 1730. The molecule has 0 spiro atoms. The topological polar surface area (TPSA) is 187 Å². The minimum absolute atomic E-state index is 0. The summed E-state index contributed by atoms with van der Waals surface area (Å²) >= 11 is 0. The molecular formula is C36H36F18LuN2NiO8. The number of nitrogens with zero attached hydrogens (tertiary/aromatic N) is 2. The van der Waals surface area contributed by atoms with Crippen LogP contribution >= 0.6 is 0 Å². The number of benzene rings is 3. The van der Waals surface area contributed by atoms with E-state index in [9.17, 15) is 89.2 Å². The van der Waals surface area contributed by atoms with Crippen molar-refractivity contribution in [1.29, 1.82) is 0 Å². The monoisotopic (exact) mass is 1200 g/mol. The summed E-state index contributed by atoms with van der Waals surface area (Å²) in [6.07, 6.45) is -52.0. The zero-order valence-electron chi connectivity index (χ0n) is 32.2. The Morgan fingerprint density at radius 2 is 0.667 bits per heavy atom. The fraction of sp³-hybridized carbons (Fsp3) is 0.444. The minimum atomic E-state index is -5.15. The van der Waals surface area contributed by atoms with Crippen molar-refractivity contribution < 1.29 is 173 Å². The van der Waals surface area contributed by atoms with Gasteiger partial charge in [0.15, 0.2) is 36.6 Å². The van der Waals surface area contributed by atoms with Gasteiger partial charge in [-0.1, -0.05) is 42.5 Å². The molecule has 6 atom stereocenters. The van der Waals surface area contributed by atoms with E-state index in [1.54, 1.807) is 48.8 Å². The third-order valence-corrected chi connectivity index (χ3v) is 7.31. The summed E-state index contributed by atoms with van der Waals surface area (Å²) in [6.45, 7) is 0.447. The van der Waals surface area contributed by atoms with Crippen LogP contribution in [-0.2, 0) is 23.0 Å². The van der Waals surface area contributed by atoms with Crippen molar-refractivity contribution in [3.05, 3.63) is 89.5 Å². The maximum atomic E-state index is 11.5. The molecule has 3 aromatic carbocycles. The molecule has 6 unspecified atom stereocenters. The number of halogens is 18. The van der Waals surface area contributed by atoms with Crippen LogP contribution in [0.1, 0.15) is 36.0 Å². The average Bonchev–Trinajstić information content (AvgIpc) is 3.14. The summed E-state index contributed by atoms with van der Waals surface area (Å²) < 4.78 is 206. The van der Waals surface area contributed by atoms with Crippen molar-refractivity contribution in [2.75, 3.05) is 0 Å². The standard InChI is InChI=1S/C21H18N2O2.3C5H6F6O2.Lu.Ni/c24-20-11-5-2-8-17(20)14-22-13-16-7-1-4-10-19(16)23-15-18-9-3-6-12-21(18)25;3*6-4(7,8)2(12)1-3(13)5(9,10)11;;/h1-12,14-15,24-25H,13H2;3*2-3,12-13H,1H2;;. The van der Waals surface area contributed by atoms with Gasteiger partial charge in [-0.05, 0) is 35.9 Å². The Balaban J connectivity index is -0.000000843. The first-order chi connectivity index (χ1) is 28.9. The predicted molar refractivity (Wildman–Crippen MR) is 187 cm³/mol. The Morgan fingerprint density at radius 1 is 0.409 bits per heavy atom. The summed E-state index contributed by atoms with van der Waals surface area (Å²) in [6, 6.07) is 21.8. The van der Waals surface area contributed by atoms with Gasteiger partial charge < -0.3 is 40.9 Å². The number of phenolic OH excluding ortho intramolecular Hbond substituents is 2. The van der Waals surface area contributed by atoms with Crippen LogP contribution in [0.15, 0.2) is 82.8 Å². The number of hydrogen-bond donors (Lipinski definition) is 8. The van der Waals surface area contributed by atoms with Crippen LogP contribution in [0.4, 0.5) is 84.7 Å². The van der Waals surface area contributed by atoms with E-state index < -0.39 is 92.9 Å². The van der Waals surface area contributed by atoms with E-state index in [0.29, 0.717) is 17.7 Å². The Morgan fingerprint density at radius 3 is 0.955 bits per heavy atom. The van der Waals surface area contributed by atoms with E-state index >= 15 is 0 Å². The Kier molecular flexibility index (Phi) is 29.5. The van der Waals surface area contributed by atoms with Gasteiger partial charge in [-0.15, -0.1) is 0 Å². The van der Waals surface area contributed by atoms with E-state index in [4.69, 9.17) is 30.6 Å². The number of hydrogen-bond acceptors (Lipinski definition) is 10. The molecule has 10 nitrogen and oxygen atoms in total. The first-order valence-electron chi connectivity index (χ1n) is 17.0. The largest absolute Gasteiger partial charge is 0.507 e. The van der Waals surface area contributed by atoms with E-state index in [1.165, 1.54) is 0 Å². The van der Waals surface area contributed by atoms with Gasteiger partial charge in [-0.2, -0.15) is 79.0 Å². The molecule has 3 rings (SSSR count). The molecule has 8 N–H and O–H groups in total. The number of rotatable bonds is 11. The Hall–Kier alpha value is -3.17. The first kappa shape index (κ1) is 67.1. The number of para-hydroxylation sites is 3. The van der Waals surface area contributed by atoms with Crippen molar-refractivity contribution in [1.82, 2.24) is 0 Å². The maximum absolute atomic E-state index is 11.5. The van der Waals surface area contributed by atoms with Crippen molar-refractivity contribution >= 4 is 18.1 Å². The van der Waals surface area contributed by atoms with Gasteiger partial charge in [-0.25, -0.2) is 0 Å². The number of phenols is 2. The van der Waals surface area contributed by atoms with Crippen LogP contribution in [0.25, 0.3) is 0 Å². The molecule has 0 fully saturated rings. The second kappa shape index (κ2) is 29.0. The van der Waals surface area contributed by atoms with Gasteiger partial charge in [0.25, 0.3) is 0 Å². The molecule has 1 radical (unpaired) electrons. The van der Waals surface area contributed by atoms with Gasteiger partial charge in [0.2, 0.25) is 0 Å². The van der Waals surface area contributed by atoms with E-state index in [1.807, 2.05) is 36.4 Å². The number of aromatic hydroxyl groups is 2. The second-order valence-corrected chi connectivity index (χ2v) is 12.5. The summed E-state index contributed by atoms with van der Waals surface area (Å²) in [5.74, 6) is 0.401. The molecule has 3 aromatic rings. The van der Waals surface area contributed by atoms with Gasteiger partial charge in [-0.3, -0.25) is 9.98 Å². The fourth-order valence-corrected chi connectivity index (χ4v) is 3.78. The maximum Gasteiger partial charge on any atom is 0.414 e. The predicted octanol–water partition coefficient (Wildman–Crippen LogP) is 8.13. The summed E-state index contributed by atoms with van der Waals surface area (Å²) in [5.41, 5.74) is 3.09. The molecule has 0 heterocycles. The molecule has 0 amide bonds. The van der Waals surface area contributed by atoms with Crippen molar-refractivity contribution in [3.63, 3.8) is 0 Å². The first-order valence-corrected chi connectivity index (χ1v) is 17.0. The van der Waals surface area contributed by atoms with Crippen molar-refractivity contribution in [3.8, 4) is 11.5 Å². The molecule has 0 saturated heterocycles. The van der Waals surface area contributed by atoms with Crippen LogP contribution < -0.4 is 0 Å². The SMILES string of the molecule is OC(CC(O)C(F)(F)F)C(F)(F)F.OC(CC(O)C(F)(F)F)C(F)(F)F.OC(CC(O)C(F)(F)F)C(F)(F)F.Oc1ccccc1C=NCc1ccccc1N=Cc1ccccc1O.[Lu].[Ni]. The van der Waals surface area contributed by atoms with Crippen molar-refractivity contribution in [2.24, 2.45) is 9.98 Å². The quantitative estimate of drug-likeness (QED) is 0.0537. The summed E-state index contributed by atoms with van der Waals surface area (Å²) in [7, 11) is 0. The summed E-state index contributed by atoms with van der Waals surface area (Å²) in [4.78, 5) is 8.87. The average molecular weight is 1200 g/mol. The molecule has 66 heavy (non-hydrogen) atoms. The third kappa shape index (κ3) is 27.6. The van der Waals surface area contributed by atoms with Gasteiger partial charge in [0.05, 0.1) is 12.2 Å². The van der Waals surface area contributed by atoms with Crippen LogP contribution in [0, 0.1) is 36.9 Å². The van der Waals surface area contributed by atoms with Crippen LogP contribution in [0.5, 0.6) is 11.5 Å². The summed E-state index contributed by atoms with van der Waals surface area (Å²) in [5, 5.41) is 68.4. The van der Waals surface area contributed by atoms with Crippen LogP contribution in [-0.4, -0.2) is 127 Å². The molecule has 0 saturated carbocycles. The molecule has 30 heteroatoms. The van der Waals surface area contributed by atoms with Gasteiger partial charge in [0, 0.05) is 96.2 Å². The second-order valence-electron chi connectivity index (χ2n) is 12.5. The van der Waals surface area contributed by atoms with Gasteiger partial charge in [0.1, 0.15) is 11.5 Å². The normalized spacial score (nSPS) is 15.2. The number of aliphatic imine (C=N–C) groups is 2. The molecule has 0 aromatic heterocycles. The fourth-order valence-electron chi connectivity index (χ4n) is 3.78. The molecular weight excluding hydrogens is 1160 g/mol. The third-order valence-electron chi connectivity index (χ3n) is 7.31. The minimum Gasteiger partial charge on any atom is -0.507 e. The number of aliphatic hydroxyl groups excluding tert-OH is 6. The smallest absolute Gasteiger partial charge is 0.414 e. The molecule has 389 valence electrons. The van der Waals surface area contributed by atoms with E-state index in [0.717, 1.165) is 11.3 Å². The van der Waals surface area contributed by atoms with Gasteiger partial charge >= 0.3 is 37.1 Å². The molecule has 0 aliphatic rings. The van der Waals surface area contributed by atoms with Crippen LogP contribution in [0.2, 0.25) is 0 Å². The van der Waals surface area contributed by atoms with E-state index in [-0.39, 0.29) is 64.9 Å². The zero-order valence-corrected chi connectivity index (χ0v) is 34.9.